The number of benzene rings is 2. The van der Waals surface area contributed by atoms with Crippen LogP contribution in [0.5, 0.6) is 5.75 Å². The Balaban J connectivity index is 1.49. The minimum Gasteiger partial charge on any atom is -0.487 e. The summed E-state index contributed by atoms with van der Waals surface area (Å²) >= 11 is 0. The van der Waals surface area contributed by atoms with Crippen LogP contribution in [0.15, 0.2) is 60.8 Å². The third-order valence-corrected chi connectivity index (χ3v) is 5.93. The minimum absolute atomic E-state index is 0.154. The van der Waals surface area contributed by atoms with Crippen molar-refractivity contribution in [3.05, 3.63) is 72.1 Å². The van der Waals surface area contributed by atoms with E-state index in [-0.39, 0.29) is 25.0 Å². The first-order chi connectivity index (χ1) is 17.4. The Labute approximate surface area is 208 Å². The molecule has 2 N–H and O–H groups in total. The van der Waals surface area contributed by atoms with Crippen molar-refractivity contribution >= 4 is 28.3 Å². The normalized spacial score (nSPS) is 11.4. The number of para-hydroxylation sites is 1. The highest BCUT2D eigenvalue weighted by atomic mass is 16.5. The van der Waals surface area contributed by atoms with E-state index in [4.69, 9.17) is 20.3 Å². The summed E-state index contributed by atoms with van der Waals surface area (Å²) in [6.45, 7) is 6.58. The number of nitrogens with two attached hydrogens (primary N) is 1. The summed E-state index contributed by atoms with van der Waals surface area (Å²) in [5.41, 5.74) is 11.0. The van der Waals surface area contributed by atoms with Gasteiger partial charge in [-0.3, -0.25) is 9.48 Å². The molecule has 0 fully saturated rings. The van der Waals surface area contributed by atoms with Crippen LogP contribution in [0.2, 0.25) is 0 Å². The third kappa shape index (κ3) is 4.47. The maximum atomic E-state index is 12.0. The van der Waals surface area contributed by atoms with Gasteiger partial charge < -0.3 is 15.2 Å². The summed E-state index contributed by atoms with van der Waals surface area (Å²) in [4.78, 5) is 16.3. The molecule has 0 atom stereocenters. The zero-order valence-electron chi connectivity index (χ0n) is 20.5. The van der Waals surface area contributed by atoms with E-state index >= 15 is 0 Å². The van der Waals surface area contributed by atoms with E-state index in [2.05, 4.69) is 36.1 Å². The molecule has 0 bridgehead atoms. The summed E-state index contributed by atoms with van der Waals surface area (Å²) in [5, 5.41) is 10.5. The van der Waals surface area contributed by atoms with E-state index in [0.29, 0.717) is 23.8 Å². The van der Waals surface area contributed by atoms with Crippen molar-refractivity contribution in [2.75, 3.05) is 12.3 Å². The molecule has 3 aromatic heterocycles. The van der Waals surface area contributed by atoms with Gasteiger partial charge in [0.25, 0.3) is 0 Å². The van der Waals surface area contributed by atoms with Crippen molar-refractivity contribution in [3.8, 4) is 17.0 Å². The van der Waals surface area contributed by atoms with Gasteiger partial charge in [-0.15, -0.1) is 0 Å². The van der Waals surface area contributed by atoms with E-state index in [0.717, 1.165) is 33.4 Å². The lowest BCUT2D eigenvalue weighted by Gasteiger charge is -2.10. The topological polar surface area (TPSA) is 110 Å². The van der Waals surface area contributed by atoms with E-state index in [1.54, 1.807) is 17.6 Å². The predicted molar refractivity (Wildman–Crippen MR) is 138 cm³/mol. The van der Waals surface area contributed by atoms with E-state index < -0.39 is 0 Å². The quantitative estimate of drug-likeness (QED) is 0.321. The van der Waals surface area contributed by atoms with Crippen LogP contribution in [-0.4, -0.2) is 37.0 Å². The molecule has 2 aromatic carbocycles. The van der Waals surface area contributed by atoms with E-state index in [1.165, 1.54) is 0 Å². The largest absolute Gasteiger partial charge is 0.487 e. The fourth-order valence-corrected chi connectivity index (χ4v) is 4.21. The second-order valence-electron chi connectivity index (χ2n) is 8.77. The number of hydrogen-bond acceptors (Lipinski definition) is 7. The van der Waals surface area contributed by atoms with Crippen LogP contribution < -0.4 is 10.5 Å². The Hall–Kier alpha value is -4.40. The number of ether oxygens (including phenoxy) is 2. The van der Waals surface area contributed by atoms with Gasteiger partial charge in [-0.2, -0.15) is 14.7 Å². The monoisotopic (exact) mass is 484 g/mol. The molecule has 0 aliphatic heterocycles. The Kier molecular flexibility index (Phi) is 6.28. The first-order valence-corrected chi connectivity index (χ1v) is 11.9. The van der Waals surface area contributed by atoms with Crippen molar-refractivity contribution in [1.82, 2.24) is 24.4 Å². The van der Waals surface area contributed by atoms with E-state index in [9.17, 15) is 4.79 Å². The molecule has 0 radical (unpaired) electrons. The lowest BCUT2D eigenvalue weighted by molar-refractivity contribution is -0.142. The molecular weight excluding hydrogens is 456 g/mol. The highest BCUT2D eigenvalue weighted by Gasteiger charge is 2.17. The maximum absolute atomic E-state index is 12.0. The number of aromatic nitrogens is 5. The molecule has 0 saturated heterocycles. The molecule has 0 aliphatic rings. The number of nitrogen functional groups attached to an aromatic ring is 1. The van der Waals surface area contributed by atoms with Gasteiger partial charge in [-0.1, -0.05) is 24.3 Å². The Morgan fingerprint density at radius 3 is 2.72 bits per heavy atom. The first kappa shape index (κ1) is 23.3. The molecule has 0 aliphatic carbocycles. The smallest absolute Gasteiger partial charge is 0.310 e. The zero-order chi connectivity index (χ0) is 25.2. The summed E-state index contributed by atoms with van der Waals surface area (Å²) in [6.07, 6.45) is 1.75. The Morgan fingerprint density at radius 1 is 1.08 bits per heavy atom. The highest BCUT2D eigenvalue weighted by Crippen LogP contribution is 2.29. The number of esters is 1. The Bertz CT molecular complexity index is 1550. The second kappa shape index (κ2) is 9.69. The molecule has 0 saturated carbocycles. The molecule has 184 valence electrons. The highest BCUT2D eigenvalue weighted by molar-refractivity contribution is 5.87. The van der Waals surface area contributed by atoms with Crippen LogP contribution in [-0.2, 0) is 22.6 Å². The average molecular weight is 485 g/mol. The average Bonchev–Trinajstić information content (AvgIpc) is 3.43. The number of nitrogens with zero attached hydrogens (tertiary/aromatic N) is 5. The molecule has 3 heterocycles. The van der Waals surface area contributed by atoms with E-state index in [1.807, 2.05) is 47.1 Å². The lowest BCUT2D eigenvalue weighted by atomic mass is 10.1. The van der Waals surface area contributed by atoms with Crippen molar-refractivity contribution in [1.29, 1.82) is 0 Å². The fraction of sp³-hybridized carbons (Fsp3) is 0.259. The van der Waals surface area contributed by atoms with Crippen LogP contribution in [0.1, 0.15) is 38.1 Å². The molecule has 9 heteroatoms. The van der Waals surface area contributed by atoms with Gasteiger partial charge in [-0.25, -0.2) is 4.98 Å². The van der Waals surface area contributed by atoms with Gasteiger partial charge in [-0.05, 0) is 51.1 Å². The summed E-state index contributed by atoms with van der Waals surface area (Å²) < 4.78 is 14.9. The third-order valence-electron chi connectivity index (χ3n) is 5.93. The Morgan fingerprint density at radius 2 is 1.92 bits per heavy atom. The number of carbonyl (C=O) groups excluding carboxylic acids is 1. The molecule has 0 unspecified atom stereocenters. The maximum Gasteiger partial charge on any atom is 0.310 e. The number of carbonyl (C=O) groups is 1. The van der Waals surface area contributed by atoms with Gasteiger partial charge in [0.05, 0.1) is 30.4 Å². The van der Waals surface area contributed by atoms with Crippen LogP contribution in [0.25, 0.3) is 27.8 Å². The molecule has 36 heavy (non-hydrogen) atoms. The standard InChI is InChI=1S/C27H28N6O3/c1-4-35-27(34)14-19-7-5-6-8-24(19)36-16-22-20-13-18(9-11-23(20)32(31-22)17(2)3)21-10-12-26-29-15-25(28)33(26)30-21/h5-13,15,17H,4,14,16,28H2,1-3H3. The van der Waals surface area contributed by atoms with Crippen molar-refractivity contribution in [2.45, 2.75) is 39.8 Å². The SMILES string of the molecule is CCOC(=O)Cc1ccccc1OCc1nn(C(C)C)c2ccc(-c3ccc4ncc(N)n4n3)cc12. The predicted octanol–water partition coefficient (Wildman–Crippen LogP) is 4.59. The van der Waals surface area contributed by atoms with Gasteiger partial charge in [0, 0.05) is 22.6 Å². The summed E-state index contributed by atoms with van der Waals surface area (Å²) in [6, 6.07) is 17.7. The fourth-order valence-electron chi connectivity index (χ4n) is 4.21. The first-order valence-electron chi connectivity index (χ1n) is 11.9. The molecular formula is C27H28N6O3. The number of hydrogen-bond donors (Lipinski definition) is 1. The van der Waals surface area contributed by atoms with Gasteiger partial charge in [0.1, 0.15) is 23.9 Å². The van der Waals surface area contributed by atoms with Crippen molar-refractivity contribution in [2.24, 2.45) is 0 Å². The van der Waals surface area contributed by atoms with Crippen LogP contribution >= 0.6 is 0 Å². The van der Waals surface area contributed by atoms with Gasteiger partial charge in [0.2, 0.25) is 0 Å². The molecule has 5 aromatic rings. The lowest BCUT2D eigenvalue weighted by Crippen LogP contribution is -2.09. The van der Waals surface area contributed by atoms with Crippen molar-refractivity contribution in [3.63, 3.8) is 0 Å². The molecule has 5 rings (SSSR count). The summed E-state index contributed by atoms with van der Waals surface area (Å²) in [7, 11) is 0. The van der Waals surface area contributed by atoms with Gasteiger partial charge in [0.15, 0.2) is 5.65 Å². The zero-order valence-corrected chi connectivity index (χ0v) is 20.5. The van der Waals surface area contributed by atoms with Crippen LogP contribution in [0.3, 0.4) is 0 Å². The van der Waals surface area contributed by atoms with Crippen molar-refractivity contribution < 1.29 is 14.3 Å². The summed E-state index contributed by atoms with van der Waals surface area (Å²) in [5.74, 6) is 0.837. The molecule has 9 nitrogen and oxygen atoms in total. The number of imidazole rings is 1. The number of anilines is 1. The molecule has 0 amide bonds. The number of rotatable bonds is 8. The van der Waals surface area contributed by atoms with Crippen LogP contribution in [0, 0.1) is 0 Å². The van der Waals surface area contributed by atoms with Crippen LogP contribution in [0.4, 0.5) is 5.82 Å². The van der Waals surface area contributed by atoms with Gasteiger partial charge >= 0.3 is 5.97 Å². The number of fused-ring (bicyclic) bond motifs is 2. The molecule has 0 spiro atoms. The second-order valence-corrected chi connectivity index (χ2v) is 8.77. The minimum atomic E-state index is -0.282.